The molecule has 0 fully saturated rings. The number of nitro groups is 1. The molecule has 0 radical (unpaired) electrons. The molecule has 0 atom stereocenters. The van der Waals surface area contributed by atoms with E-state index in [1.165, 1.54) is 18.2 Å². The van der Waals surface area contributed by atoms with Crippen LogP contribution in [0.4, 0.5) is 14.5 Å². The zero-order valence-corrected chi connectivity index (χ0v) is 10.6. The van der Waals surface area contributed by atoms with E-state index in [0.717, 1.165) is 18.2 Å². The minimum atomic E-state index is -0.929. The van der Waals surface area contributed by atoms with Crippen LogP contribution in [0, 0.1) is 21.7 Å². The highest BCUT2D eigenvalue weighted by Crippen LogP contribution is 2.18. The summed E-state index contributed by atoms with van der Waals surface area (Å²) < 4.78 is 31.0. The molecule has 0 unspecified atom stereocenters. The van der Waals surface area contributed by atoms with Crippen molar-refractivity contribution in [1.82, 2.24) is 0 Å². The van der Waals surface area contributed by atoms with Gasteiger partial charge in [-0.1, -0.05) is 12.1 Å². The van der Waals surface area contributed by atoms with Crippen LogP contribution in [0.25, 0.3) is 0 Å². The maximum atomic E-state index is 13.3. The molecule has 108 valence electrons. The maximum absolute atomic E-state index is 13.3. The van der Waals surface area contributed by atoms with Gasteiger partial charge in [-0.3, -0.25) is 14.9 Å². The Morgan fingerprint density at radius 3 is 2.62 bits per heavy atom. The summed E-state index contributed by atoms with van der Waals surface area (Å²) >= 11 is 0. The summed E-state index contributed by atoms with van der Waals surface area (Å²) in [7, 11) is 0. The fraction of sp³-hybridized carbons (Fsp3) is 0.0714. The highest BCUT2D eigenvalue weighted by Gasteiger charge is 2.13. The normalized spacial score (nSPS) is 10.2. The second-order valence-electron chi connectivity index (χ2n) is 4.09. The van der Waals surface area contributed by atoms with E-state index in [4.69, 9.17) is 4.74 Å². The van der Waals surface area contributed by atoms with Gasteiger partial charge in [0.05, 0.1) is 4.92 Å². The van der Waals surface area contributed by atoms with Crippen molar-refractivity contribution < 1.29 is 23.2 Å². The quantitative estimate of drug-likeness (QED) is 0.482. The van der Waals surface area contributed by atoms with Gasteiger partial charge in [-0.05, 0) is 12.1 Å². The topological polar surface area (TPSA) is 69.4 Å². The molecule has 2 rings (SSSR count). The highest BCUT2D eigenvalue weighted by atomic mass is 19.1. The van der Waals surface area contributed by atoms with E-state index in [-0.39, 0.29) is 17.0 Å². The molecular weight excluding hydrogens is 284 g/mol. The minimum Gasteiger partial charge on any atom is -0.482 e. The predicted octanol–water partition coefficient (Wildman–Crippen LogP) is 3.13. The van der Waals surface area contributed by atoms with Gasteiger partial charge in [-0.2, -0.15) is 0 Å². The summed E-state index contributed by atoms with van der Waals surface area (Å²) in [6, 6.07) is 7.79. The number of carbonyl (C=O) groups excluding carboxylic acids is 1. The number of ether oxygens (including phenoxy) is 1. The van der Waals surface area contributed by atoms with Crippen molar-refractivity contribution >= 4 is 11.5 Å². The first-order chi connectivity index (χ1) is 9.97. The van der Waals surface area contributed by atoms with Crippen LogP contribution in [0.2, 0.25) is 0 Å². The number of ketones is 1. The standard InChI is InChI=1S/C14H9F2NO4/c15-10-4-5-14(12(16)7-10)21-8-13(18)9-2-1-3-11(6-9)17(19)20/h1-7H,8H2. The van der Waals surface area contributed by atoms with Gasteiger partial charge in [-0.25, -0.2) is 8.78 Å². The summed E-state index contributed by atoms with van der Waals surface area (Å²) in [6.07, 6.45) is 0. The third-order valence-corrected chi connectivity index (χ3v) is 2.63. The van der Waals surface area contributed by atoms with Gasteiger partial charge in [0.1, 0.15) is 5.82 Å². The average Bonchev–Trinajstić information content (AvgIpc) is 2.46. The Bertz CT molecular complexity index is 703. The third-order valence-electron chi connectivity index (χ3n) is 2.63. The number of carbonyl (C=O) groups is 1. The Morgan fingerprint density at radius 1 is 1.19 bits per heavy atom. The van der Waals surface area contributed by atoms with Crippen LogP contribution < -0.4 is 4.74 Å². The van der Waals surface area contributed by atoms with Crippen molar-refractivity contribution in [3.05, 3.63) is 69.8 Å². The average molecular weight is 293 g/mol. The molecule has 5 nitrogen and oxygen atoms in total. The van der Waals surface area contributed by atoms with E-state index in [0.29, 0.717) is 6.07 Å². The second-order valence-corrected chi connectivity index (χ2v) is 4.09. The summed E-state index contributed by atoms with van der Waals surface area (Å²) in [5, 5.41) is 10.6. The van der Waals surface area contributed by atoms with Crippen LogP contribution >= 0.6 is 0 Å². The van der Waals surface area contributed by atoms with Gasteiger partial charge in [0.15, 0.2) is 24.0 Å². The van der Waals surface area contributed by atoms with Crippen LogP contribution in [0.15, 0.2) is 42.5 Å². The smallest absolute Gasteiger partial charge is 0.270 e. The first kappa shape index (κ1) is 14.6. The van der Waals surface area contributed by atoms with Gasteiger partial charge in [-0.15, -0.1) is 0 Å². The number of benzene rings is 2. The van der Waals surface area contributed by atoms with Crippen molar-refractivity contribution in [3.63, 3.8) is 0 Å². The maximum Gasteiger partial charge on any atom is 0.270 e. The molecule has 0 heterocycles. The lowest BCUT2D eigenvalue weighted by Crippen LogP contribution is -2.12. The van der Waals surface area contributed by atoms with Gasteiger partial charge in [0.2, 0.25) is 0 Å². The molecule has 2 aromatic rings. The van der Waals surface area contributed by atoms with Gasteiger partial charge in [0, 0.05) is 23.8 Å². The lowest BCUT2D eigenvalue weighted by Gasteiger charge is -2.06. The van der Waals surface area contributed by atoms with Crippen molar-refractivity contribution in [3.8, 4) is 5.75 Å². The van der Waals surface area contributed by atoms with Crippen LogP contribution in [0.1, 0.15) is 10.4 Å². The molecule has 0 bridgehead atoms. The molecule has 0 amide bonds. The molecule has 0 aromatic heterocycles. The van der Waals surface area contributed by atoms with Gasteiger partial charge < -0.3 is 4.74 Å². The van der Waals surface area contributed by atoms with Crippen molar-refractivity contribution in [2.24, 2.45) is 0 Å². The molecule has 21 heavy (non-hydrogen) atoms. The van der Waals surface area contributed by atoms with Crippen LogP contribution in [-0.4, -0.2) is 17.3 Å². The van der Waals surface area contributed by atoms with Gasteiger partial charge >= 0.3 is 0 Å². The lowest BCUT2D eigenvalue weighted by atomic mass is 10.1. The van der Waals surface area contributed by atoms with Crippen molar-refractivity contribution in [1.29, 1.82) is 0 Å². The van der Waals surface area contributed by atoms with E-state index in [1.807, 2.05) is 0 Å². The first-order valence-corrected chi connectivity index (χ1v) is 5.83. The number of non-ortho nitro benzene ring substituents is 1. The largest absolute Gasteiger partial charge is 0.482 e. The molecule has 0 aliphatic carbocycles. The first-order valence-electron chi connectivity index (χ1n) is 5.83. The third kappa shape index (κ3) is 3.59. The Hall–Kier alpha value is -2.83. The number of rotatable bonds is 5. The summed E-state index contributed by atoms with van der Waals surface area (Å²) in [5.41, 5.74) is -0.152. The summed E-state index contributed by atoms with van der Waals surface area (Å²) in [5.74, 6) is -2.51. The zero-order chi connectivity index (χ0) is 15.4. The van der Waals surface area contributed by atoms with E-state index < -0.39 is 28.9 Å². The van der Waals surface area contributed by atoms with E-state index in [2.05, 4.69) is 0 Å². The molecule has 0 saturated heterocycles. The van der Waals surface area contributed by atoms with E-state index in [1.54, 1.807) is 0 Å². The summed E-state index contributed by atoms with van der Waals surface area (Å²) in [6.45, 7) is -0.510. The fourth-order valence-corrected chi connectivity index (χ4v) is 1.61. The highest BCUT2D eigenvalue weighted by molar-refractivity contribution is 5.97. The predicted molar refractivity (Wildman–Crippen MR) is 69.3 cm³/mol. The minimum absolute atomic E-state index is 0.0757. The number of nitro benzene ring substituents is 1. The molecular formula is C14H9F2NO4. The second kappa shape index (κ2) is 6.08. The Balaban J connectivity index is 2.08. The van der Waals surface area contributed by atoms with Crippen LogP contribution in [0.3, 0.4) is 0 Å². The number of halogens is 2. The molecule has 7 heteroatoms. The monoisotopic (exact) mass is 293 g/mol. The fourth-order valence-electron chi connectivity index (χ4n) is 1.61. The van der Waals surface area contributed by atoms with Crippen LogP contribution in [0.5, 0.6) is 5.75 Å². The van der Waals surface area contributed by atoms with E-state index >= 15 is 0 Å². The molecule has 0 spiro atoms. The Kier molecular flexibility index (Phi) is 4.22. The molecule has 0 aliphatic rings. The van der Waals surface area contributed by atoms with Crippen molar-refractivity contribution in [2.75, 3.05) is 6.61 Å². The number of Topliss-reactive ketones (excluding diaryl/α,β-unsaturated/α-hetero) is 1. The molecule has 0 aliphatic heterocycles. The van der Waals surface area contributed by atoms with E-state index in [9.17, 15) is 23.7 Å². The molecule has 0 N–H and O–H groups in total. The Labute approximate surface area is 117 Å². The van der Waals surface area contributed by atoms with Crippen molar-refractivity contribution in [2.45, 2.75) is 0 Å². The van der Waals surface area contributed by atoms with Gasteiger partial charge in [0.25, 0.3) is 5.69 Å². The molecule has 2 aromatic carbocycles. The number of nitrogens with zero attached hydrogens (tertiary/aromatic N) is 1. The Morgan fingerprint density at radius 2 is 1.95 bits per heavy atom. The zero-order valence-electron chi connectivity index (χ0n) is 10.6. The SMILES string of the molecule is O=C(COc1ccc(F)cc1F)c1cccc([N+](=O)[O-])c1. The summed E-state index contributed by atoms with van der Waals surface area (Å²) in [4.78, 5) is 21.8. The number of hydrogen-bond donors (Lipinski definition) is 0. The number of hydrogen-bond acceptors (Lipinski definition) is 4. The lowest BCUT2D eigenvalue weighted by molar-refractivity contribution is -0.384. The van der Waals surface area contributed by atoms with Crippen LogP contribution in [-0.2, 0) is 0 Å². The molecule has 0 saturated carbocycles.